The average Bonchev–Trinajstić information content (AvgIpc) is 2.93. The molecule has 1 heterocycles. The monoisotopic (exact) mass is 329 g/mol. The Bertz CT molecular complexity index is 910. The Morgan fingerprint density at radius 1 is 0.955 bits per heavy atom. The highest BCUT2D eigenvalue weighted by Gasteiger charge is 2.11. The highest BCUT2D eigenvalue weighted by Crippen LogP contribution is 2.35. The van der Waals surface area contributed by atoms with Gasteiger partial charge in [-0.2, -0.15) is 0 Å². The lowest BCUT2D eigenvalue weighted by Gasteiger charge is -2.09. The van der Waals surface area contributed by atoms with E-state index in [4.69, 9.17) is 5.14 Å². The molecule has 112 valence electrons. The number of nitrogens with two attached hydrogens (primary N) is 1. The number of primary sulfonamides is 1. The summed E-state index contributed by atoms with van der Waals surface area (Å²) in [6.07, 6.45) is 0. The molecular weight excluding hydrogens is 314 g/mol. The molecule has 1 aromatic heterocycles. The fourth-order valence-electron chi connectivity index (χ4n) is 2.35. The van der Waals surface area contributed by atoms with Crippen LogP contribution in [0.1, 0.15) is 5.56 Å². The minimum absolute atomic E-state index is 0.126. The first-order valence-corrected chi connectivity index (χ1v) is 9.15. The third-order valence-electron chi connectivity index (χ3n) is 3.42. The van der Waals surface area contributed by atoms with Gasteiger partial charge in [-0.15, -0.1) is 11.3 Å². The van der Waals surface area contributed by atoms with Gasteiger partial charge in [0.1, 0.15) is 0 Å². The second kappa shape index (κ2) is 5.68. The maximum atomic E-state index is 11.4. The Balaban J connectivity index is 2.09. The number of hydrogen-bond donors (Lipinski definition) is 1. The number of sulfonamides is 1. The van der Waals surface area contributed by atoms with Crippen LogP contribution in [0.4, 0.5) is 0 Å². The predicted octanol–water partition coefficient (Wildman–Crippen LogP) is 4.04. The SMILES string of the molecule is Cc1csc(-c2ccccc2-c2ccc(S(N)(=O)=O)cc2)c1. The lowest BCUT2D eigenvalue weighted by atomic mass is 9.98. The van der Waals surface area contributed by atoms with Crippen LogP contribution in [0.25, 0.3) is 21.6 Å². The zero-order chi connectivity index (χ0) is 15.7. The molecule has 0 amide bonds. The van der Waals surface area contributed by atoms with Gasteiger partial charge in [-0.25, -0.2) is 13.6 Å². The first-order valence-electron chi connectivity index (χ1n) is 6.73. The summed E-state index contributed by atoms with van der Waals surface area (Å²) in [5, 5.41) is 7.26. The zero-order valence-electron chi connectivity index (χ0n) is 12.0. The Morgan fingerprint density at radius 2 is 1.59 bits per heavy atom. The van der Waals surface area contributed by atoms with Crippen LogP contribution in [0.15, 0.2) is 64.9 Å². The first kappa shape index (κ1) is 15.0. The van der Waals surface area contributed by atoms with Crippen LogP contribution in [0.2, 0.25) is 0 Å². The maximum absolute atomic E-state index is 11.4. The molecule has 0 aliphatic rings. The molecular formula is C17H15NO2S2. The van der Waals surface area contributed by atoms with Crippen LogP contribution in [-0.4, -0.2) is 8.42 Å². The van der Waals surface area contributed by atoms with E-state index in [0.29, 0.717) is 0 Å². The molecule has 0 atom stereocenters. The summed E-state index contributed by atoms with van der Waals surface area (Å²) in [7, 11) is -3.66. The minimum Gasteiger partial charge on any atom is -0.225 e. The van der Waals surface area contributed by atoms with Gasteiger partial charge in [0.05, 0.1) is 4.90 Å². The standard InChI is InChI=1S/C17H15NO2S2/c1-12-10-17(21-11-12)16-5-3-2-4-15(16)13-6-8-14(9-7-13)22(18,19)20/h2-11H,1H3,(H2,18,19,20). The Labute approximate surface area is 134 Å². The Morgan fingerprint density at radius 3 is 2.14 bits per heavy atom. The van der Waals surface area contributed by atoms with Gasteiger partial charge in [-0.05, 0) is 52.8 Å². The van der Waals surface area contributed by atoms with Crippen LogP contribution in [0.3, 0.4) is 0 Å². The molecule has 0 aliphatic heterocycles. The molecule has 0 saturated carbocycles. The highest BCUT2D eigenvalue weighted by atomic mass is 32.2. The molecule has 0 bridgehead atoms. The van der Waals surface area contributed by atoms with Crippen molar-refractivity contribution in [3.05, 3.63) is 65.5 Å². The summed E-state index contributed by atoms with van der Waals surface area (Å²) in [5.74, 6) is 0. The van der Waals surface area contributed by atoms with Crippen molar-refractivity contribution in [3.8, 4) is 21.6 Å². The number of thiophene rings is 1. The summed E-state index contributed by atoms with van der Waals surface area (Å²) >= 11 is 1.70. The van der Waals surface area contributed by atoms with E-state index in [1.165, 1.54) is 10.4 Å². The first-order chi connectivity index (χ1) is 10.4. The molecule has 22 heavy (non-hydrogen) atoms. The van der Waals surface area contributed by atoms with Crippen molar-refractivity contribution in [2.24, 2.45) is 5.14 Å². The van der Waals surface area contributed by atoms with E-state index in [2.05, 4.69) is 24.4 Å². The van der Waals surface area contributed by atoms with Crippen molar-refractivity contribution in [1.82, 2.24) is 0 Å². The van der Waals surface area contributed by atoms with E-state index in [9.17, 15) is 8.42 Å². The van der Waals surface area contributed by atoms with Crippen molar-refractivity contribution in [3.63, 3.8) is 0 Å². The second-order valence-electron chi connectivity index (χ2n) is 5.10. The quantitative estimate of drug-likeness (QED) is 0.788. The van der Waals surface area contributed by atoms with E-state index in [-0.39, 0.29) is 4.90 Å². The fraction of sp³-hybridized carbons (Fsp3) is 0.0588. The number of aryl methyl sites for hydroxylation is 1. The van der Waals surface area contributed by atoms with E-state index < -0.39 is 10.0 Å². The fourth-order valence-corrected chi connectivity index (χ4v) is 3.80. The normalized spacial score (nSPS) is 11.5. The third-order valence-corrected chi connectivity index (χ3v) is 5.43. The highest BCUT2D eigenvalue weighted by molar-refractivity contribution is 7.89. The Hall–Kier alpha value is -1.95. The van der Waals surface area contributed by atoms with Crippen LogP contribution >= 0.6 is 11.3 Å². The lowest BCUT2D eigenvalue weighted by Crippen LogP contribution is -2.11. The van der Waals surface area contributed by atoms with Gasteiger partial charge >= 0.3 is 0 Å². The maximum Gasteiger partial charge on any atom is 0.238 e. The summed E-state index contributed by atoms with van der Waals surface area (Å²) in [4.78, 5) is 1.32. The molecule has 0 fully saturated rings. The molecule has 3 nitrogen and oxygen atoms in total. The number of hydrogen-bond acceptors (Lipinski definition) is 3. The molecule has 5 heteroatoms. The molecule has 0 spiro atoms. The topological polar surface area (TPSA) is 60.2 Å². The summed E-state index contributed by atoms with van der Waals surface area (Å²) in [5.41, 5.74) is 4.42. The molecule has 0 unspecified atom stereocenters. The van der Waals surface area contributed by atoms with Crippen molar-refractivity contribution in [2.45, 2.75) is 11.8 Å². The molecule has 0 saturated heterocycles. The second-order valence-corrected chi connectivity index (χ2v) is 7.58. The van der Waals surface area contributed by atoms with E-state index >= 15 is 0 Å². The summed E-state index contributed by atoms with van der Waals surface area (Å²) < 4.78 is 22.7. The van der Waals surface area contributed by atoms with Crippen molar-refractivity contribution >= 4 is 21.4 Å². The average molecular weight is 329 g/mol. The molecule has 0 radical (unpaired) electrons. The van der Waals surface area contributed by atoms with Gasteiger partial charge in [0, 0.05) is 4.88 Å². The van der Waals surface area contributed by atoms with Crippen LogP contribution in [0.5, 0.6) is 0 Å². The van der Waals surface area contributed by atoms with Crippen molar-refractivity contribution < 1.29 is 8.42 Å². The van der Waals surface area contributed by atoms with E-state index in [0.717, 1.165) is 16.7 Å². The molecule has 2 N–H and O–H groups in total. The smallest absolute Gasteiger partial charge is 0.225 e. The van der Waals surface area contributed by atoms with Crippen LogP contribution < -0.4 is 5.14 Å². The zero-order valence-corrected chi connectivity index (χ0v) is 13.6. The van der Waals surface area contributed by atoms with Gasteiger partial charge in [0.25, 0.3) is 0 Å². The lowest BCUT2D eigenvalue weighted by molar-refractivity contribution is 0.598. The Kier molecular flexibility index (Phi) is 3.87. The van der Waals surface area contributed by atoms with E-state index in [1.807, 2.05) is 18.2 Å². The largest absolute Gasteiger partial charge is 0.238 e. The third kappa shape index (κ3) is 2.97. The predicted molar refractivity (Wildman–Crippen MR) is 91.3 cm³/mol. The molecule has 2 aromatic carbocycles. The van der Waals surface area contributed by atoms with Crippen LogP contribution in [-0.2, 0) is 10.0 Å². The number of benzene rings is 2. The van der Waals surface area contributed by atoms with Gasteiger partial charge in [-0.3, -0.25) is 0 Å². The molecule has 3 aromatic rings. The van der Waals surface area contributed by atoms with Gasteiger partial charge < -0.3 is 0 Å². The summed E-state index contributed by atoms with van der Waals surface area (Å²) in [6.45, 7) is 2.07. The minimum atomic E-state index is -3.66. The molecule has 0 aliphatic carbocycles. The van der Waals surface area contributed by atoms with Crippen molar-refractivity contribution in [2.75, 3.05) is 0 Å². The van der Waals surface area contributed by atoms with Gasteiger partial charge in [-0.1, -0.05) is 36.4 Å². The van der Waals surface area contributed by atoms with Gasteiger partial charge in [0.2, 0.25) is 10.0 Å². The molecule has 3 rings (SSSR count). The number of rotatable bonds is 3. The summed E-state index contributed by atoms with van der Waals surface area (Å²) in [6, 6.07) is 16.9. The van der Waals surface area contributed by atoms with Crippen molar-refractivity contribution in [1.29, 1.82) is 0 Å². The van der Waals surface area contributed by atoms with Crippen LogP contribution in [0, 0.1) is 6.92 Å². The van der Waals surface area contributed by atoms with Gasteiger partial charge in [0.15, 0.2) is 0 Å². The van der Waals surface area contributed by atoms with E-state index in [1.54, 1.807) is 35.6 Å².